The number of rotatable bonds is 4. The van der Waals surface area contributed by atoms with Gasteiger partial charge in [0.15, 0.2) is 0 Å². The first-order valence-corrected chi connectivity index (χ1v) is 11.7. The van der Waals surface area contributed by atoms with Gasteiger partial charge >= 0.3 is 0 Å². The van der Waals surface area contributed by atoms with Gasteiger partial charge in [-0.05, 0) is 68.9 Å². The summed E-state index contributed by atoms with van der Waals surface area (Å²) in [6.45, 7) is 4.01. The molecule has 1 aliphatic carbocycles. The van der Waals surface area contributed by atoms with Gasteiger partial charge in [0.25, 0.3) is 11.8 Å². The predicted molar refractivity (Wildman–Crippen MR) is 129 cm³/mol. The van der Waals surface area contributed by atoms with Crippen molar-refractivity contribution in [3.63, 3.8) is 0 Å². The Labute approximate surface area is 191 Å². The zero-order valence-corrected chi connectivity index (χ0v) is 19.3. The Morgan fingerprint density at radius 3 is 2.48 bits per heavy atom. The second kappa shape index (κ2) is 9.25. The Morgan fingerprint density at radius 2 is 1.71 bits per heavy atom. The van der Waals surface area contributed by atoms with Gasteiger partial charge in [-0.25, -0.2) is 0 Å². The number of halogens is 1. The first-order chi connectivity index (χ1) is 14.9. The largest absolute Gasteiger partial charge is 0.322 e. The van der Waals surface area contributed by atoms with Gasteiger partial charge in [0.1, 0.15) is 5.00 Å². The number of thiophene rings is 1. The minimum atomic E-state index is -0.303. The second-order valence-corrected chi connectivity index (χ2v) is 9.49. The summed E-state index contributed by atoms with van der Waals surface area (Å²) < 4.78 is 0. The van der Waals surface area contributed by atoms with Crippen LogP contribution in [0, 0.1) is 13.8 Å². The van der Waals surface area contributed by atoms with Crippen LogP contribution in [0.25, 0.3) is 0 Å². The van der Waals surface area contributed by atoms with Crippen molar-refractivity contribution in [3.05, 3.63) is 80.2 Å². The summed E-state index contributed by atoms with van der Waals surface area (Å²) in [5.41, 5.74) is 4.99. The van der Waals surface area contributed by atoms with Gasteiger partial charge in [-0.2, -0.15) is 0 Å². The molecule has 3 aromatic rings. The van der Waals surface area contributed by atoms with Crippen LogP contribution in [0.1, 0.15) is 61.5 Å². The molecule has 2 N–H and O–H groups in total. The van der Waals surface area contributed by atoms with Gasteiger partial charge < -0.3 is 10.6 Å². The Kier molecular flexibility index (Phi) is 6.44. The lowest BCUT2D eigenvalue weighted by Gasteiger charge is -2.12. The van der Waals surface area contributed by atoms with Gasteiger partial charge in [-0.1, -0.05) is 47.9 Å². The maximum absolute atomic E-state index is 13.4. The summed E-state index contributed by atoms with van der Waals surface area (Å²) in [7, 11) is 0. The SMILES string of the molecule is Cc1ccc(NC(=O)c2c(NC(=O)c3ccccc3Cl)sc3c2CCCCC3)c(C)c1. The molecular weight excluding hydrogens is 428 g/mol. The number of amides is 2. The maximum Gasteiger partial charge on any atom is 0.258 e. The number of benzene rings is 2. The Balaban J connectivity index is 1.69. The van der Waals surface area contributed by atoms with Crippen LogP contribution < -0.4 is 10.6 Å². The zero-order valence-electron chi connectivity index (χ0n) is 17.7. The lowest BCUT2D eigenvalue weighted by molar-refractivity contribution is 0.102. The molecule has 0 bridgehead atoms. The number of aryl methyl sites for hydroxylation is 3. The van der Waals surface area contributed by atoms with Crippen molar-refractivity contribution in [3.8, 4) is 0 Å². The normalized spacial score (nSPS) is 13.3. The molecule has 0 aliphatic heterocycles. The standard InChI is InChI=1S/C25H25ClN2O2S/c1-15-12-13-20(16(2)14-15)27-24(30)22-18-9-4-3-5-11-21(18)31-25(22)28-23(29)17-8-6-7-10-19(17)26/h6-8,10,12-14H,3-5,9,11H2,1-2H3,(H,27,30)(H,28,29). The third-order valence-electron chi connectivity index (χ3n) is 5.62. The molecule has 4 rings (SSSR count). The lowest BCUT2D eigenvalue weighted by atomic mass is 10.0. The van der Waals surface area contributed by atoms with E-state index < -0.39 is 0 Å². The predicted octanol–water partition coefficient (Wildman–Crippen LogP) is 6.79. The van der Waals surface area contributed by atoms with Crippen molar-refractivity contribution in [2.24, 2.45) is 0 Å². The minimum Gasteiger partial charge on any atom is -0.322 e. The minimum absolute atomic E-state index is 0.180. The summed E-state index contributed by atoms with van der Waals surface area (Å²) in [4.78, 5) is 27.5. The van der Waals surface area contributed by atoms with E-state index in [4.69, 9.17) is 11.6 Å². The Hall–Kier alpha value is -2.63. The van der Waals surface area contributed by atoms with Crippen molar-refractivity contribution in [2.45, 2.75) is 46.0 Å². The lowest BCUT2D eigenvalue weighted by Crippen LogP contribution is -2.18. The fraction of sp³-hybridized carbons (Fsp3) is 0.280. The van der Waals surface area contributed by atoms with E-state index in [0.29, 0.717) is 21.2 Å². The van der Waals surface area contributed by atoms with Gasteiger partial charge in [-0.3, -0.25) is 9.59 Å². The van der Waals surface area contributed by atoms with Crippen LogP contribution in [0.5, 0.6) is 0 Å². The van der Waals surface area contributed by atoms with Crippen LogP contribution >= 0.6 is 22.9 Å². The topological polar surface area (TPSA) is 58.2 Å². The molecule has 2 aromatic carbocycles. The van der Waals surface area contributed by atoms with Crippen LogP contribution in [-0.2, 0) is 12.8 Å². The number of carbonyl (C=O) groups is 2. The van der Waals surface area contributed by atoms with Crippen molar-refractivity contribution < 1.29 is 9.59 Å². The Bertz CT molecular complexity index is 1150. The summed E-state index contributed by atoms with van der Waals surface area (Å²) >= 11 is 7.72. The van der Waals surface area contributed by atoms with E-state index >= 15 is 0 Å². The molecule has 0 atom stereocenters. The number of anilines is 2. The molecule has 1 aliphatic rings. The third-order valence-corrected chi connectivity index (χ3v) is 7.16. The van der Waals surface area contributed by atoms with Gasteiger partial charge in [0.05, 0.1) is 16.1 Å². The summed E-state index contributed by atoms with van der Waals surface area (Å²) in [5, 5.41) is 7.02. The number of hydrogen-bond donors (Lipinski definition) is 2. The number of nitrogens with one attached hydrogen (secondary N) is 2. The summed E-state index contributed by atoms with van der Waals surface area (Å²) in [6, 6.07) is 12.9. The van der Waals surface area contributed by atoms with Gasteiger partial charge in [-0.15, -0.1) is 11.3 Å². The number of hydrogen-bond acceptors (Lipinski definition) is 3. The van der Waals surface area contributed by atoms with Crippen LogP contribution in [0.2, 0.25) is 5.02 Å². The van der Waals surface area contributed by atoms with Gasteiger partial charge in [0.2, 0.25) is 0 Å². The third kappa shape index (κ3) is 4.68. The van der Waals surface area contributed by atoms with E-state index in [1.807, 2.05) is 32.0 Å². The van der Waals surface area contributed by atoms with Crippen LogP contribution in [0.3, 0.4) is 0 Å². The molecule has 0 unspecified atom stereocenters. The summed E-state index contributed by atoms with van der Waals surface area (Å²) in [5.74, 6) is -0.483. The molecule has 2 amide bonds. The van der Waals surface area contributed by atoms with E-state index in [-0.39, 0.29) is 11.8 Å². The molecule has 160 valence electrons. The van der Waals surface area contributed by atoms with Crippen LogP contribution in [0.15, 0.2) is 42.5 Å². The highest BCUT2D eigenvalue weighted by Gasteiger charge is 2.26. The molecular formula is C25H25ClN2O2S. The molecule has 1 aromatic heterocycles. The number of carbonyl (C=O) groups excluding carboxylic acids is 2. The average molecular weight is 453 g/mol. The van der Waals surface area contributed by atoms with E-state index in [1.54, 1.807) is 24.3 Å². The highest BCUT2D eigenvalue weighted by Crippen LogP contribution is 2.38. The molecule has 1 heterocycles. The monoisotopic (exact) mass is 452 g/mol. The van der Waals surface area contributed by atoms with Crippen LogP contribution in [-0.4, -0.2) is 11.8 Å². The first kappa shape index (κ1) is 21.6. The van der Waals surface area contributed by atoms with E-state index in [9.17, 15) is 9.59 Å². The molecule has 6 heteroatoms. The molecule has 31 heavy (non-hydrogen) atoms. The summed E-state index contributed by atoms with van der Waals surface area (Å²) in [6.07, 6.45) is 5.09. The maximum atomic E-state index is 13.4. The molecule has 4 nitrogen and oxygen atoms in total. The van der Waals surface area contributed by atoms with E-state index in [1.165, 1.54) is 16.2 Å². The van der Waals surface area contributed by atoms with Crippen molar-refractivity contribution in [1.29, 1.82) is 0 Å². The highest BCUT2D eigenvalue weighted by molar-refractivity contribution is 7.17. The average Bonchev–Trinajstić information content (AvgIpc) is 2.90. The molecule has 0 radical (unpaired) electrons. The molecule has 0 saturated heterocycles. The fourth-order valence-corrected chi connectivity index (χ4v) is 5.53. The quantitative estimate of drug-likeness (QED) is 0.428. The molecule has 0 saturated carbocycles. The second-order valence-electron chi connectivity index (χ2n) is 7.98. The van der Waals surface area contributed by atoms with Crippen LogP contribution in [0.4, 0.5) is 10.7 Å². The van der Waals surface area contributed by atoms with E-state index in [0.717, 1.165) is 54.5 Å². The van der Waals surface area contributed by atoms with Crippen molar-refractivity contribution in [1.82, 2.24) is 0 Å². The highest BCUT2D eigenvalue weighted by atomic mass is 35.5. The van der Waals surface area contributed by atoms with Gasteiger partial charge in [0, 0.05) is 10.6 Å². The van der Waals surface area contributed by atoms with E-state index in [2.05, 4.69) is 10.6 Å². The first-order valence-electron chi connectivity index (χ1n) is 10.5. The zero-order chi connectivity index (χ0) is 22.0. The molecule has 0 fully saturated rings. The fourth-order valence-electron chi connectivity index (χ4n) is 4.03. The Morgan fingerprint density at radius 1 is 0.935 bits per heavy atom. The smallest absolute Gasteiger partial charge is 0.258 e. The molecule has 0 spiro atoms. The van der Waals surface area contributed by atoms with Crippen molar-refractivity contribution >= 4 is 45.4 Å². The van der Waals surface area contributed by atoms with Crippen molar-refractivity contribution in [2.75, 3.05) is 10.6 Å². The number of fused-ring (bicyclic) bond motifs is 1.